The molecule has 1 unspecified atom stereocenters. The summed E-state index contributed by atoms with van der Waals surface area (Å²) in [5.41, 5.74) is -0.337. The minimum absolute atomic E-state index is 0.168. The lowest BCUT2D eigenvalue weighted by Gasteiger charge is -2.39. The molecule has 1 aliphatic rings. The van der Waals surface area contributed by atoms with Crippen molar-refractivity contribution in [3.8, 4) is 5.75 Å². The molecule has 21 heavy (non-hydrogen) atoms. The lowest BCUT2D eigenvalue weighted by atomic mass is 9.91. The number of piperidine rings is 1. The third-order valence-corrected chi connectivity index (χ3v) is 4.04. The Balaban J connectivity index is 1.99. The van der Waals surface area contributed by atoms with Crippen molar-refractivity contribution in [1.82, 2.24) is 4.90 Å². The third kappa shape index (κ3) is 4.37. The Labute approximate surface area is 132 Å². The molecule has 1 aromatic carbocycles. The second-order valence-electron chi connectivity index (χ2n) is 6.66. The smallest absolute Gasteiger partial charge is 0.228 e. The molecule has 4 heteroatoms. The van der Waals surface area contributed by atoms with Gasteiger partial charge in [0.1, 0.15) is 12.4 Å². The Bertz CT molecular complexity index is 479. The summed E-state index contributed by atoms with van der Waals surface area (Å²) in [6, 6.07) is 7.52. The number of carbonyl (C=O) groups excluding carboxylic acids is 1. The van der Waals surface area contributed by atoms with Crippen LogP contribution in [0.2, 0.25) is 5.02 Å². The first kappa shape index (κ1) is 16.2. The molecule has 0 radical (unpaired) electrons. The molecule has 0 N–H and O–H groups in total. The maximum Gasteiger partial charge on any atom is 0.228 e. The van der Waals surface area contributed by atoms with Gasteiger partial charge in [-0.15, -0.1) is 0 Å². The monoisotopic (exact) mass is 309 g/mol. The SMILES string of the molecule is CC(C)(C)C(=O)N1CCCCC1COc1ccc(Cl)cc1. The summed E-state index contributed by atoms with van der Waals surface area (Å²) in [6.45, 7) is 7.30. The van der Waals surface area contributed by atoms with Crippen LogP contribution >= 0.6 is 11.6 Å². The van der Waals surface area contributed by atoms with E-state index < -0.39 is 0 Å². The number of amides is 1. The van der Waals surface area contributed by atoms with E-state index in [1.54, 1.807) is 0 Å². The van der Waals surface area contributed by atoms with Crippen molar-refractivity contribution in [2.45, 2.75) is 46.1 Å². The van der Waals surface area contributed by atoms with Crippen molar-refractivity contribution in [3.63, 3.8) is 0 Å². The van der Waals surface area contributed by atoms with Crippen LogP contribution in [-0.2, 0) is 4.79 Å². The number of carbonyl (C=O) groups is 1. The highest BCUT2D eigenvalue weighted by atomic mass is 35.5. The van der Waals surface area contributed by atoms with E-state index in [4.69, 9.17) is 16.3 Å². The lowest BCUT2D eigenvalue weighted by Crippen LogP contribution is -2.50. The van der Waals surface area contributed by atoms with Gasteiger partial charge >= 0.3 is 0 Å². The molecule has 0 aliphatic carbocycles. The number of hydrogen-bond donors (Lipinski definition) is 0. The van der Waals surface area contributed by atoms with Crippen LogP contribution in [0.15, 0.2) is 24.3 Å². The number of hydrogen-bond acceptors (Lipinski definition) is 2. The van der Waals surface area contributed by atoms with Gasteiger partial charge in [0.25, 0.3) is 0 Å². The summed E-state index contributed by atoms with van der Waals surface area (Å²) in [5, 5.41) is 0.699. The fraction of sp³-hybridized carbons (Fsp3) is 0.588. The summed E-state index contributed by atoms with van der Waals surface area (Å²) in [6.07, 6.45) is 3.25. The first-order chi connectivity index (χ1) is 9.88. The molecule has 1 saturated heterocycles. The van der Waals surface area contributed by atoms with Crippen LogP contribution in [0.4, 0.5) is 0 Å². The van der Waals surface area contributed by atoms with Crippen LogP contribution in [0.3, 0.4) is 0 Å². The molecule has 0 bridgehead atoms. The van der Waals surface area contributed by atoms with Crippen LogP contribution in [0, 0.1) is 5.41 Å². The quantitative estimate of drug-likeness (QED) is 0.839. The van der Waals surface area contributed by atoms with Gasteiger partial charge in [0, 0.05) is 17.0 Å². The molecule has 3 nitrogen and oxygen atoms in total. The van der Waals surface area contributed by atoms with Crippen molar-refractivity contribution in [3.05, 3.63) is 29.3 Å². The molecule has 2 rings (SSSR count). The molecular formula is C17H24ClNO2. The largest absolute Gasteiger partial charge is 0.491 e. The van der Waals surface area contributed by atoms with Gasteiger partial charge in [-0.2, -0.15) is 0 Å². The molecule has 0 spiro atoms. The maximum atomic E-state index is 12.5. The Hall–Kier alpha value is -1.22. The Morgan fingerprint density at radius 2 is 1.95 bits per heavy atom. The van der Waals surface area contributed by atoms with E-state index in [-0.39, 0.29) is 17.4 Å². The van der Waals surface area contributed by atoms with Crippen LogP contribution < -0.4 is 4.74 Å². The van der Waals surface area contributed by atoms with Gasteiger partial charge in [0.05, 0.1) is 6.04 Å². The average Bonchev–Trinajstić information content (AvgIpc) is 2.45. The predicted octanol–water partition coefficient (Wildman–Crippen LogP) is 4.15. The van der Waals surface area contributed by atoms with Gasteiger partial charge in [-0.05, 0) is 43.5 Å². The summed E-state index contributed by atoms with van der Waals surface area (Å²) in [4.78, 5) is 14.5. The van der Waals surface area contributed by atoms with Gasteiger partial charge in [-0.3, -0.25) is 4.79 Å². The second-order valence-corrected chi connectivity index (χ2v) is 7.10. The molecule has 1 amide bonds. The van der Waals surface area contributed by atoms with Crippen LogP contribution in [0.1, 0.15) is 40.0 Å². The molecule has 1 aliphatic heterocycles. The van der Waals surface area contributed by atoms with E-state index in [0.717, 1.165) is 31.6 Å². The molecule has 0 saturated carbocycles. The fourth-order valence-corrected chi connectivity index (χ4v) is 2.72. The Morgan fingerprint density at radius 3 is 2.57 bits per heavy atom. The minimum Gasteiger partial charge on any atom is -0.491 e. The topological polar surface area (TPSA) is 29.5 Å². The highest BCUT2D eigenvalue weighted by Crippen LogP contribution is 2.25. The molecular weight excluding hydrogens is 286 g/mol. The predicted molar refractivity (Wildman–Crippen MR) is 85.8 cm³/mol. The third-order valence-electron chi connectivity index (χ3n) is 3.79. The number of likely N-dealkylation sites (tertiary alicyclic amines) is 1. The molecule has 1 aromatic rings. The van der Waals surface area contributed by atoms with Gasteiger partial charge in [-0.25, -0.2) is 0 Å². The normalized spacial score (nSPS) is 19.4. The van der Waals surface area contributed by atoms with Crippen LogP contribution in [0.5, 0.6) is 5.75 Å². The van der Waals surface area contributed by atoms with Crippen LogP contribution in [0.25, 0.3) is 0 Å². The molecule has 116 valence electrons. The zero-order valence-corrected chi connectivity index (χ0v) is 13.8. The van der Waals surface area contributed by atoms with Crippen LogP contribution in [-0.4, -0.2) is 30.0 Å². The van der Waals surface area contributed by atoms with E-state index in [2.05, 4.69) is 0 Å². The van der Waals surface area contributed by atoms with Crippen molar-refractivity contribution in [2.75, 3.05) is 13.2 Å². The fourth-order valence-electron chi connectivity index (χ4n) is 2.60. The molecule has 1 atom stereocenters. The van der Waals surface area contributed by atoms with E-state index in [1.807, 2.05) is 49.9 Å². The molecule has 1 fully saturated rings. The van der Waals surface area contributed by atoms with Gasteiger partial charge in [0.15, 0.2) is 0 Å². The number of nitrogens with zero attached hydrogens (tertiary/aromatic N) is 1. The van der Waals surface area contributed by atoms with Crippen molar-refractivity contribution in [2.24, 2.45) is 5.41 Å². The zero-order chi connectivity index (χ0) is 15.5. The summed E-state index contributed by atoms with van der Waals surface area (Å²) >= 11 is 5.87. The number of halogens is 1. The molecule has 0 aromatic heterocycles. The van der Waals surface area contributed by atoms with Crippen molar-refractivity contribution < 1.29 is 9.53 Å². The van der Waals surface area contributed by atoms with E-state index in [1.165, 1.54) is 0 Å². The summed E-state index contributed by atoms with van der Waals surface area (Å²) < 4.78 is 5.84. The number of rotatable bonds is 3. The standard InChI is InChI=1S/C17H24ClNO2/c1-17(2,3)16(20)19-11-5-4-6-14(19)12-21-15-9-7-13(18)8-10-15/h7-10,14H,4-6,11-12H2,1-3H3. The summed E-state index contributed by atoms with van der Waals surface area (Å²) in [5.74, 6) is 1.01. The zero-order valence-electron chi connectivity index (χ0n) is 13.1. The number of ether oxygens (including phenoxy) is 1. The Morgan fingerprint density at radius 1 is 1.29 bits per heavy atom. The van der Waals surface area contributed by atoms with Crippen molar-refractivity contribution in [1.29, 1.82) is 0 Å². The van der Waals surface area contributed by atoms with E-state index in [9.17, 15) is 4.79 Å². The van der Waals surface area contributed by atoms with Gasteiger partial charge in [-0.1, -0.05) is 32.4 Å². The van der Waals surface area contributed by atoms with Gasteiger partial charge in [0.2, 0.25) is 5.91 Å². The first-order valence-corrected chi connectivity index (χ1v) is 7.95. The number of benzene rings is 1. The highest BCUT2D eigenvalue weighted by Gasteiger charge is 2.33. The Kier molecular flexibility index (Phi) is 5.15. The summed E-state index contributed by atoms with van der Waals surface area (Å²) in [7, 11) is 0. The maximum absolute atomic E-state index is 12.5. The average molecular weight is 310 g/mol. The van der Waals surface area contributed by atoms with E-state index in [0.29, 0.717) is 11.6 Å². The second kappa shape index (κ2) is 6.69. The van der Waals surface area contributed by atoms with Gasteiger partial charge < -0.3 is 9.64 Å². The van der Waals surface area contributed by atoms with E-state index >= 15 is 0 Å². The minimum atomic E-state index is -0.337. The van der Waals surface area contributed by atoms with Crippen molar-refractivity contribution >= 4 is 17.5 Å². The highest BCUT2D eigenvalue weighted by molar-refractivity contribution is 6.30. The molecule has 1 heterocycles. The first-order valence-electron chi connectivity index (χ1n) is 7.57. The lowest BCUT2D eigenvalue weighted by molar-refractivity contribution is -0.144.